The molecule has 20 heavy (non-hydrogen) atoms. The molecule has 2 aromatic carbocycles. The second-order valence-electron chi connectivity index (χ2n) is 4.52. The second-order valence-corrected chi connectivity index (χ2v) is 5.81. The minimum atomic E-state index is -0.170. The van der Waals surface area contributed by atoms with Gasteiger partial charge in [-0.05, 0) is 52.3 Å². The second kappa shape index (κ2) is 6.29. The van der Waals surface area contributed by atoms with Crippen molar-refractivity contribution in [1.29, 1.82) is 0 Å². The zero-order valence-corrected chi connectivity index (χ0v) is 13.5. The maximum absolute atomic E-state index is 12.3. The van der Waals surface area contributed by atoms with Gasteiger partial charge in [0.05, 0.1) is 5.69 Å². The van der Waals surface area contributed by atoms with Gasteiger partial charge in [0, 0.05) is 34.8 Å². The minimum Gasteiger partial charge on any atom is -0.378 e. The molecule has 0 saturated heterocycles. The lowest BCUT2D eigenvalue weighted by Crippen LogP contribution is -2.14. The molecule has 1 N–H and O–H groups in total. The summed E-state index contributed by atoms with van der Waals surface area (Å²) < 4.78 is 0.791. The average molecular weight is 354 g/mol. The van der Waals surface area contributed by atoms with Crippen LogP contribution in [0.5, 0.6) is 0 Å². The molecular formula is C15H14BrClN2O. The molecule has 0 radical (unpaired) electrons. The third-order valence-electron chi connectivity index (χ3n) is 2.80. The molecule has 3 nitrogen and oxygen atoms in total. The molecule has 5 heteroatoms. The van der Waals surface area contributed by atoms with Crippen LogP contribution in [0.1, 0.15) is 10.4 Å². The highest BCUT2D eigenvalue weighted by atomic mass is 79.9. The Hall–Kier alpha value is -1.52. The van der Waals surface area contributed by atoms with Gasteiger partial charge in [0.25, 0.3) is 5.91 Å². The smallest absolute Gasteiger partial charge is 0.255 e. The topological polar surface area (TPSA) is 32.3 Å². The van der Waals surface area contributed by atoms with E-state index in [0.29, 0.717) is 16.3 Å². The van der Waals surface area contributed by atoms with Crippen molar-refractivity contribution in [2.24, 2.45) is 0 Å². The lowest BCUT2D eigenvalue weighted by atomic mass is 10.1. The first-order valence-corrected chi connectivity index (χ1v) is 7.18. The van der Waals surface area contributed by atoms with Crippen molar-refractivity contribution in [3.63, 3.8) is 0 Å². The van der Waals surface area contributed by atoms with Crippen molar-refractivity contribution in [1.82, 2.24) is 0 Å². The van der Waals surface area contributed by atoms with Gasteiger partial charge in [-0.1, -0.05) is 17.7 Å². The fraction of sp³-hybridized carbons (Fsp3) is 0.133. The Bertz CT molecular complexity index is 644. The highest BCUT2D eigenvalue weighted by molar-refractivity contribution is 9.10. The highest BCUT2D eigenvalue weighted by Gasteiger charge is 2.09. The van der Waals surface area contributed by atoms with Crippen LogP contribution in [-0.4, -0.2) is 20.0 Å². The molecule has 0 aromatic heterocycles. The zero-order valence-electron chi connectivity index (χ0n) is 11.2. The lowest BCUT2D eigenvalue weighted by Gasteiger charge is -2.14. The first-order valence-electron chi connectivity index (χ1n) is 6.01. The Labute approximate surface area is 131 Å². The molecule has 0 spiro atoms. The molecule has 0 aliphatic heterocycles. The summed E-state index contributed by atoms with van der Waals surface area (Å²) in [7, 11) is 3.87. The Morgan fingerprint density at radius 3 is 2.65 bits per heavy atom. The van der Waals surface area contributed by atoms with Gasteiger partial charge in [0.15, 0.2) is 0 Å². The molecule has 1 amide bonds. The minimum absolute atomic E-state index is 0.170. The molecule has 2 rings (SSSR count). The molecule has 0 unspecified atom stereocenters. The van der Waals surface area contributed by atoms with Crippen molar-refractivity contribution in [2.75, 3.05) is 24.3 Å². The van der Waals surface area contributed by atoms with Crippen LogP contribution >= 0.6 is 27.5 Å². The molecule has 104 valence electrons. The summed E-state index contributed by atoms with van der Waals surface area (Å²) in [4.78, 5) is 14.2. The third kappa shape index (κ3) is 3.52. The van der Waals surface area contributed by atoms with E-state index in [4.69, 9.17) is 11.6 Å². The van der Waals surface area contributed by atoms with E-state index in [1.54, 1.807) is 24.3 Å². The molecule has 0 heterocycles. The normalized spacial score (nSPS) is 10.2. The summed E-state index contributed by atoms with van der Waals surface area (Å²) in [5.74, 6) is -0.170. The first-order chi connectivity index (χ1) is 9.47. The summed E-state index contributed by atoms with van der Waals surface area (Å²) in [6.45, 7) is 0. The number of benzene rings is 2. The summed E-state index contributed by atoms with van der Waals surface area (Å²) in [6.07, 6.45) is 0. The van der Waals surface area contributed by atoms with Crippen LogP contribution in [0.2, 0.25) is 5.02 Å². The fourth-order valence-electron chi connectivity index (χ4n) is 1.71. The molecule has 0 fully saturated rings. The number of hydrogen-bond donors (Lipinski definition) is 1. The lowest BCUT2D eigenvalue weighted by molar-refractivity contribution is 0.102. The number of amides is 1. The van der Waals surface area contributed by atoms with Crippen LogP contribution in [0.25, 0.3) is 0 Å². The fourth-order valence-corrected chi connectivity index (χ4v) is 2.23. The van der Waals surface area contributed by atoms with Crippen molar-refractivity contribution in [2.45, 2.75) is 0 Å². The van der Waals surface area contributed by atoms with Gasteiger partial charge in [-0.2, -0.15) is 0 Å². The number of nitrogens with zero attached hydrogens (tertiary/aromatic N) is 1. The number of rotatable bonds is 3. The van der Waals surface area contributed by atoms with Crippen molar-refractivity contribution in [3.8, 4) is 0 Å². The maximum atomic E-state index is 12.3. The standard InChI is InChI=1S/C15H14BrClN2O/c1-19(2)12-5-3-4-10(8-12)15(20)18-14-9-11(17)6-7-13(14)16/h3-9H,1-2H3,(H,18,20). The number of carbonyl (C=O) groups excluding carboxylic acids is 1. The SMILES string of the molecule is CN(C)c1cccc(C(=O)Nc2cc(Cl)ccc2Br)c1. The predicted molar refractivity (Wildman–Crippen MR) is 87.9 cm³/mol. The van der Waals surface area contributed by atoms with Crippen molar-refractivity contribution >= 4 is 44.8 Å². The highest BCUT2D eigenvalue weighted by Crippen LogP contribution is 2.26. The maximum Gasteiger partial charge on any atom is 0.255 e. The van der Waals surface area contributed by atoms with E-state index in [1.165, 1.54) is 0 Å². The molecule has 0 atom stereocenters. The van der Waals surface area contributed by atoms with Gasteiger partial charge in [0.1, 0.15) is 0 Å². The molecular weight excluding hydrogens is 340 g/mol. The van der Waals surface area contributed by atoms with Gasteiger partial charge in [-0.3, -0.25) is 4.79 Å². The van der Waals surface area contributed by atoms with E-state index < -0.39 is 0 Å². The predicted octanol–water partition coefficient (Wildman–Crippen LogP) is 4.42. The quantitative estimate of drug-likeness (QED) is 0.886. The summed E-state index contributed by atoms with van der Waals surface area (Å²) in [5, 5.41) is 3.42. The molecule has 2 aromatic rings. The number of carbonyl (C=O) groups is 1. The Morgan fingerprint density at radius 2 is 1.95 bits per heavy atom. The Morgan fingerprint density at radius 1 is 1.20 bits per heavy atom. The van der Waals surface area contributed by atoms with E-state index in [9.17, 15) is 4.79 Å². The van der Waals surface area contributed by atoms with E-state index in [2.05, 4.69) is 21.2 Å². The number of anilines is 2. The average Bonchev–Trinajstić information content (AvgIpc) is 2.43. The Balaban J connectivity index is 2.24. The number of hydrogen-bond acceptors (Lipinski definition) is 2. The van der Waals surface area contributed by atoms with Gasteiger partial charge in [-0.25, -0.2) is 0 Å². The van der Waals surface area contributed by atoms with Crippen LogP contribution in [0.15, 0.2) is 46.9 Å². The number of halogens is 2. The first kappa shape index (κ1) is 14.9. The third-order valence-corrected chi connectivity index (χ3v) is 3.73. The monoisotopic (exact) mass is 352 g/mol. The summed E-state index contributed by atoms with van der Waals surface area (Å²) in [6, 6.07) is 12.7. The van der Waals surface area contributed by atoms with Gasteiger partial charge < -0.3 is 10.2 Å². The van der Waals surface area contributed by atoms with Gasteiger partial charge >= 0.3 is 0 Å². The van der Waals surface area contributed by atoms with Gasteiger partial charge in [-0.15, -0.1) is 0 Å². The van der Waals surface area contributed by atoms with E-state index >= 15 is 0 Å². The van der Waals surface area contributed by atoms with E-state index in [-0.39, 0.29) is 5.91 Å². The van der Waals surface area contributed by atoms with Crippen molar-refractivity contribution in [3.05, 3.63) is 57.5 Å². The van der Waals surface area contributed by atoms with Crippen LogP contribution in [-0.2, 0) is 0 Å². The largest absolute Gasteiger partial charge is 0.378 e. The molecule has 0 aliphatic carbocycles. The zero-order chi connectivity index (χ0) is 14.7. The van der Waals surface area contributed by atoms with Crippen LogP contribution in [0.3, 0.4) is 0 Å². The van der Waals surface area contributed by atoms with Gasteiger partial charge in [0.2, 0.25) is 0 Å². The molecule has 0 saturated carbocycles. The van der Waals surface area contributed by atoms with Crippen LogP contribution in [0.4, 0.5) is 11.4 Å². The molecule has 0 aliphatic rings. The van der Waals surface area contributed by atoms with Crippen molar-refractivity contribution < 1.29 is 4.79 Å². The van der Waals surface area contributed by atoms with E-state index in [0.717, 1.165) is 10.2 Å². The molecule has 0 bridgehead atoms. The number of nitrogens with one attached hydrogen (secondary N) is 1. The van der Waals surface area contributed by atoms with Crippen LogP contribution in [0, 0.1) is 0 Å². The van der Waals surface area contributed by atoms with Crippen LogP contribution < -0.4 is 10.2 Å². The van der Waals surface area contributed by atoms with E-state index in [1.807, 2.05) is 37.2 Å². The summed E-state index contributed by atoms with van der Waals surface area (Å²) >= 11 is 9.32. The summed E-state index contributed by atoms with van der Waals surface area (Å²) in [5.41, 5.74) is 2.23. The Kier molecular flexibility index (Phi) is 4.68.